The van der Waals surface area contributed by atoms with Gasteiger partial charge >= 0.3 is 0 Å². The van der Waals surface area contributed by atoms with Crippen molar-refractivity contribution in [2.24, 2.45) is 0 Å². The fourth-order valence-corrected chi connectivity index (χ4v) is 3.92. The van der Waals surface area contributed by atoms with E-state index in [0.29, 0.717) is 33.9 Å². The van der Waals surface area contributed by atoms with E-state index >= 15 is 0 Å². The average molecular weight is 463 g/mol. The fourth-order valence-electron chi connectivity index (χ4n) is 3.74. The Hall–Kier alpha value is -3.98. The lowest BCUT2D eigenvalue weighted by molar-refractivity contribution is 0.0845. The number of hydrogen-bond acceptors (Lipinski definition) is 7. The van der Waals surface area contributed by atoms with Crippen LogP contribution in [-0.2, 0) is 0 Å². The first-order valence-electron chi connectivity index (χ1n) is 10.4. The number of nitrogens with zero attached hydrogens (tertiary/aromatic N) is 4. The first kappa shape index (κ1) is 20.9. The third-order valence-corrected chi connectivity index (χ3v) is 5.64. The van der Waals surface area contributed by atoms with Gasteiger partial charge in [0.25, 0.3) is 11.8 Å². The Morgan fingerprint density at radius 2 is 1.79 bits per heavy atom. The number of carbonyl (C=O) groups is 2. The molecule has 3 aromatic heterocycles. The third kappa shape index (κ3) is 4.22. The Morgan fingerprint density at radius 3 is 2.58 bits per heavy atom. The molecule has 9 nitrogen and oxygen atoms in total. The second-order valence-electron chi connectivity index (χ2n) is 7.52. The quantitative estimate of drug-likeness (QED) is 0.445. The van der Waals surface area contributed by atoms with Gasteiger partial charge in [-0.05, 0) is 37.1 Å². The Bertz CT molecular complexity index is 1340. The lowest BCUT2D eigenvalue weighted by Gasteiger charge is -2.16. The van der Waals surface area contributed by atoms with Crippen molar-refractivity contribution in [1.29, 1.82) is 0 Å². The number of pyridine rings is 1. The van der Waals surface area contributed by atoms with Gasteiger partial charge in [-0.15, -0.1) is 0 Å². The summed E-state index contributed by atoms with van der Waals surface area (Å²) in [6.45, 7) is 1.65. The number of furan rings is 1. The largest absolute Gasteiger partial charge is 0.463 e. The van der Waals surface area contributed by atoms with Crippen molar-refractivity contribution in [2.75, 3.05) is 18.0 Å². The summed E-state index contributed by atoms with van der Waals surface area (Å²) < 4.78 is 5.43. The van der Waals surface area contributed by atoms with E-state index < -0.39 is 11.8 Å². The SMILES string of the molecule is O=C(NNC(=O)c1cc(-c2ccco2)nc2ccccc12)c1nc(N2CCCC2)ncc1Cl. The van der Waals surface area contributed by atoms with E-state index in [0.717, 1.165) is 25.9 Å². The number of nitrogens with one attached hydrogen (secondary N) is 2. The Labute approximate surface area is 193 Å². The second kappa shape index (κ2) is 8.87. The molecule has 1 aromatic carbocycles. The number of hydrazine groups is 1. The topological polar surface area (TPSA) is 113 Å². The summed E-state index contributed by atoms with van der Waals surface area (Å²) in [5.41, 5.74) is 6.30. The summed E-state index contributed by atoms with van der Waals surface area (Å²) in [4.78, 5) is 40.8. The highest BCUT2D eigenvalue weighted by atomic mass is 35.5. The molecule has 166 valence electrons. The van der Waals surface area contributed by atoms with E-state index in [9.17, 15) is 9.59 Å². The van der Waals surface area contributed by atoms with Crippen molar-refractivity contribution in [2.45, 2.75) is 12.8 Å². The molecular weight excluding hydrogens is 444 g/mol. The number of aromatic nitrogens is 3. The molecule has 0 unspecified atom stereocenters. The zero-order valence-corrected chi connectivity index (χ0v) is 18.2. The molecule has 2 N–H and O–H groups in total. The van der Waals surface area contributed by atoms with E-state index in [1.54, 1.807) is 30.3 Å². The summed E-state index contributed by atoms with van der Waals surface area (Å²) in [5.74, 6) is -0.182. The zero-order valence-electron chi connectivity index (χ0n) is 17.4. The Balaban J connectivity index is 1.38. The van der Waals surface area contributed by atoms with Crippen molar-refractivity contribution < 1.29 is 14.0 Å². The highest BCUT2D eigenvalue weighted by Crippen LogP contribution is 2.25. The van der Waals surface area contributed by atoms with Gasteiger partial charge in [-0.3, -0.25) is 20.4 Å². The number of halogens is 1. The van der Waals surface area contributed by atoms with Gasteiger partial charge in [0.1, 0.15) is 5.69 Å². The van der Waals surface area contributed by atoms with Crippen LogP contribution in [-0.4, -0.2) is 39.9 Å². The number of para-hydroxylation sites is 1. The second-order valence-corrected chi connectivity index (χ2v) is 7.93. The summed E-state index contributed by atoms with van der Waals surface area (Å²) in [6, 6.07) is 12.4. The van der Waals surface area contributed by atoms with Crippen LogP contribution in [0, 0.1) is 0 Å². The molecule has 4 heterocycles. The predicted octanol–water partition coefficient (Wildman–Crippen LogP) is 3.61. The van der Waals surface area contributed by atoms with Crippen LogP contribution in [0.1, 0.15) is 33.7 Å². The minimum absolute atomic E-state index is 0.00951. The molecule has 2 amide bonds. The van der Waals surface area contributed by atoms with Crippen molar-refractivity contribution >= 4 is 40.3 Å². The smallest absolute Gasteiger partial charge is 0.290 e. The lowest BCUT2D eigenvalue weighted by Crippen LogP contribution is -2.42. The maximum atomic E-state index is 13.0. The molecule has 0 spiro atoms. The van der Waals surface area contributed by atoms with Gasteiger partial charge in [0.15, 0.2) is 11.5 Å². The average Bonchev–Trinajstić information content (AvgIpc) is 3.57. The van der Waals surface area contributed by atoms with Crippen LogP contribution in [0.15, 0.2) is 59.3 Å². The highest BCUT2D eigenvalue weighted by Gasteiger charge is 2.21. The number of hydrogen-bond donors (Lipinski definition) is 2. The summed E-state index contributed by atoms with van der Waals surface area (Å²) in [5, 5.41) is 0.732. The van der Waals surface area contributed by atoms with Crippen molar-refractivity contribution in [3.8, 4) is 11.5 Å². The maximum Gasteiger partial charge on any atom is 0.290 e. The predicted molar refractivity (Wildman–Crippen MR) is 123 cm³/mol. The molecule has 0 saturated carbocycles. The fraction of sp³-hybridized carbons (Fsp3) is 0.174. The first-order valence-corrected chi connectivity index (χ1v) is 10.8. The molecule has 0 aliphatic carbocycles. The van der Waals surface area contributed by atoms with Gasteiger partial charge < -0.3 is 9.32 Å². The van der Waals surface area contributed by atoms with Crippen LogP contribution in [0.5, 0.6) is 0 Å². The minimum Gasteiger partial charge on any atom is -0.463 e. The van der Waals surface area contributed by atoms with Crippen LogP contribution in [0.3, 0.4) is 0 Å². The van der Waals surface area contributed by atoms with E-state index in [1.807, 2.05) is 17.0 Å². The number of amides is 2. The summed E-state index contributed by atoms with van der Waals surface area (Å²) in [7, 11) is 0. The van der Waals surface area contributed by atoms with Crippen molar-refractivity contribution in [1.82, 2.24) is 25.8 Å². The van der Waals surface area contributed by atoms with Crippen LogP contribution >= 0.6 is 11.6 Å². The molecule has 10 heteroatoms. The zero-order chi connectivity index (χ0) is 22.8. The molecule has 1 saturated heterocycles. The van der Waals surface area contributed by atoms with Gasteiger partial charge in [0, 0.05) is 18.5 Å². The number of rotatable bonds is 4. The van der Waals surface area contributed by atoms with Gasteiger partial charge in [0.05, 0.1) is 28.6 Å². The number of anilines is 1. The molecule has 1 aliphatic rings. The summed E-state index contributed by atoms with van der Waals surface area (Å²) >= 11 is 6.15. The van der Waals surface area contributed by atoms with Gasteiger partial charge in [0.2, 0.25) is 5.95 Å². The normalized spacial score (nSPS) is 13.3. The van der Waals surface area contributed by atoms with Crippen molar-refractivity contribution in [3.63, 3.8) is 0 Å². The van der Waals surface area contributed by atoms with Crippen LogP contribution in [0.2, 0.25) is 5.02 Å². The minimum atomic E-state index is -0.638. The van der Waals surface area contributed by atoms with Gasteiger partial charge in [-0.25, -0.2) is 15.0 Å². The van der Waals surface area contributed by atoms with Crippen molar-refractivity contribution in [3.05, 3.63) is 71.2 Å². The Morgan fingerprint density at radius 1 is 1.00 bits per heavy atom. The number of benzene rings is 1. The van der Waals surface area contributed by atoms with Crippen LogP contribution in [0.4, 0.5) is 5.95 Å². The molecule has 1 aliphatic heterocycles. The monoisotopic (exact) mass is 462 g/mol. The third-order valence-electron chi connectivity index (χ3n) is 5.36. The Kier molecular flexibility index (Phi) is 5.62. The number of carbonyl (C=O) groups excluding carboxylic acids is 2. The molecular formula is C23H19ClN6O3. The molecule has 0 bridgehead atoms. The van der Waals surface area contributed by atoms with Gasteiger partial charge in [-0.2, -0.15) is 0 Å². The molecule has 5 rings (SSSR count). The molecule has 4 aromatic rings. The molecule has 1 fully saturated rings. The molecule has 0 atom stereocenters. The van der Waals surface area contributed by atoms with E-state index in [4.69, 9.17) is 16.0 Å². The van der Waals surface area contributed by atoms with E-state index in [-0.39, 0.29) is 10.7 Å². The van der Waals surface area contributed by atoms with E-state index in [1.165, 1.54) is 12.5 Å². The molecule has 33 heavy (non-hydrogen) atoms. The summed E-state index contributed by atoms with van der Waals surface area (Å²) in [6.07, 6.45) is 5.02. The van der Waals surface area contributed by atoms with Crippen LogP contribution in [0.25, 0.3) is 22.4 Å². The lowest BCUT2D eigenvalue weighted by atomic mass is 10.1. The maximum absolute atomic E-state index is 13.0. The number of fused-ring (bicyclic) bond motifs is 1. The highest BCUT2D eigenvalue weighted by molar-refractivity contribution is 6.33. The van der Waals surface area contributed by atoms with Gasteiger partial charge in [-0.1, -0.05) is 29.8 Å². The van der Waals surface area contributed by atoms with E-state index in [2.05, 4.69) is 25.8 Å². The standard InChI is InChI=1S/C23H19ClN6O3/c24-16-13-25-23(30-9-3-4-10-30)27-20(16)22(32)29-28-21(31)15-12-18(19-8-5-11-33-19)26-17-7-2-1-6-14(15)17/h1-2,5-8,11-13H,3-4,9-10H2,(H,28,31)(H,29,32). The molecule has 0 radical (unpaired) electrons. The van der Waals surface area contributed by atoms with Crippen LogP contribution < -0.4 is 15.8 Å². The first-order chi connectivity index (χ1) is 16.1.